The van der Waals surface area contributed by atoms with Crippen molar-refractivity contribution < 1.29 is 17.9 Å². The predicted molar refractivity (Wildman–Crippen MR) is 82.7 cm³/mol. The van der Waals surface area contributed by atoms with Crippen molar-refractivity contribution >= 4 is 15.9 Å². The van der Waals surface area contributed by atoms with Gasteiger partial charge in [-0.25, -0.2) is 13.2 Å². The first kappa shape index (κ1) is 15.1. The van der Waals surface area contributed by atoms with Crippen LogP contribution in [0.15, 0.2) is 18.2 Å². The molecule has 120 valence electrons. The molecule has 1 fully saturated rings. The molecule has 2 aliphatic heterocycles. The van der Waals surface area contributed by atoms with Crippen LogP contribution in [-0.4, -0.2) is 62.5 Å². The average Bonchev–Trinajstić information content (AvgIpc) is 2.53. The predicted octanol–water partition coefficient (Wildman–Crippen LogP) is 0.904. The maximum absolute atomic E-state index is 12.6. The number of benzene rings is 1. The fraction of sp³-hybridized carbons (Fsp3) is 0.533. The van der Waals surface area contributed by atoms with Gasteiger partial charge in [0, 0.05) is 31.7 Å². The zero-order valence-electron chi connectivity index (χ0n) is 12.6. The molecule has 1 aromatic carbocycles. The molecule has 3 rings (SSSR count). The number of nitrogens with zero attached hydrogens (tertiary/aromatic N) is 2. The van der Waals surface area contributed by atoms with Gasteiger partial charge in [-0.3, -0.25) is 0 Å². The van der Waals surface area contributed by atoms with Crippen molar-refractivity contribution in [1.82, 2.24) is 9.80 Å². The van der Waals surface area contributed by atoms with E-state index in [0.717, 1.165) is 23.3 Å². The topological polar surface area (TPSA) is 66.9 Å². The summed E-state index contributed by atoms with van der Waals surface area (Å²) in [5.74, 6) is 1.00. The SMILES string of the molecule is COc1cccc2c1CCN(C(=O)N1CCS(=O)(=O)CC1)C2. The molecule has 1 saturated heterocycles. The van der Waals surface area contributed by atoms with Crippen molar-refractivity contribution in [1.29, 1.82) is 0 Å². The molecule has 2 heterocycles. The van der Waals surface area contributed by atoms with E-state index in [4.69, 9.17) is 4.74 Å². The smallest absolute Gasteiger partial charge is 0.320 e. The highest BCUT2D eigenvalue weighted by atomic mass is 32.2. The summed E-state index contributed by atoms with van der Waals surface area (Å²) in [6, 6.07) is 5.81. The molecule has 2 amide bonds. The summed E-state index contributed by atoms with van der Waals surface area (Å²) >= 11 is 0. The Morgan fingerprint density at radius 3 is 2.55 bits per heavy atom. The number of methoxy groups -OCH3 is 1. The Labute approximate surface area is 130 Å². The van der Waals surface area contributed by atoms with E-state index < -0.39 is 9.84 Å². The molecule has 0 radical (unpaired) electrons. The van der Waals surface area contributed by atoms with Gasteiger partial charge in [-0.05, 0) is 18.1 Å². The summed E-state index contributed by atoms with van der Waals surface area (Å²) in [6.07, 6.45) is 0.761. The minimum absolute atomic E-state index is 0.0663. The number of carbonyl (C=O) groups excluding carboxylic acids is 1. The summed E-state index contributed by atoms with van der Waals surface area (Å²) in [6.45, 7) is 1.77. The fourth-order valence-electron chi connectivity index (χ4n) is 3.03. The van der Waals surface area contributed by atoms with Gasteiger partial charge in [0.2, 0.25) is 0 Å². The Morgan fingerprint density at radius 2 is 1.86 bits per heavy atom. The standard InChI is InChI=1S/C15H20N2O4S/c1-21-14-4-2-3-12-11-17(6-5-13(12)14)15(18)16-7-9-22(19,20)10-8-16/h2-4H,5-11H2,1H3. The van der Waals surface area contributed by atoms with E-state index in [2.05, 4.69) is 0 Å². The van der Waals surface area contributed by atoms with Crippen LogP contribution < -0.4 is 4.74 Å². The van der Waals surface area contributed by atoms with E-state index in [9.17, 15) is 13.2 Å². The second kappa shape index (κ2) is 5.79. The second-order valence-corrected chi connectivity index (χ2v) is 7.99. The Hall–Kier alpha value is -1.76. The third kappa shape index (κ3) is 2.90. The van der Waals surface area contributed by atoms with Gasteiger partial charge in [-0.1, -0.05) is 12.1 Å². The lowest BCUT2D eigenvalue weighted by atomic mass is 9.99. The van der Waals surface area contributed by atoms with Crippen molar-refractivity contribution in [2.75, 3.05) is 38.2 Å². The quantitative estimate of drug-likeness (QED) is 0.770. The Morgan fingerprint density at radius 1 is 1.14 bits per heavy atom. The van der Waals surface area contributed by atoms with E-state index in [1.807, 2.05) is 18.2 Å². The van der Waals surface area contributed by atoms with Gasteiger partial charge in [-0.2, -0.15) is 0 Å². The number of carbonyl (C=O) groups is 1. The number of hydrogen-bond acceptors (Lipinski definition) is 4. The average molecular weight is 324 g/mol. The van der Waals surface area contributed by atoms with Gasteiger partial charge in [-0.15, -0.1) is 0 Å². The minimum atomic E-state index is -2.97. The fourth-order valence-corrected chi connectivity index (χ4v) is 4.23. The molecule has 0 aliphatic carbocycles. The molecular weight excluding hydrogens is 304 g/mol. The highest BCUT2D eigenvalue weighted by Crippen LogP contribution is 2.28. The van der Waals surface area contributed by atoms with Crippen LogP contribution in [0.1, 0.15) is 11.1 Å². The number of sulfone groups is 1. The molecule has 0 N–H and O–H groups in total. The van der Waals surface area contributed by atoms with E-state index >= 15 is 0 Å². The zero-order valence-corrected chi connectivity index (χ0v) is 13.4. The van der Waals surface area contributed by atoms with Crippen LogP contribution in [0.25, 0.3) is 0 Å². The molecule has 22 heavy (non-hydrogen) atoms. The molecule has 0 bridgehead atoms. The first-order valence-electron chi connectivity index (χ1n) is 7.39. The molecule has 6 nitrogen and oxygen atoms in total. The summed E-state index contributed by atoms with van der Waals surface area (Å²) < 4.78 is 28.3. The van der Waals surface area contributed by atoms with E-state index in [-0.39, 0.29) is 17.5 Å². The number of rotatable bonds is 1. The molecule has 2 aliphatic rings. The Bertz CT molecular complexity index is 673. The summed E-state index contributed by atoms with van der Waals surface area (Å²) in [5.41, 5.74) is 2.26. The maximum Gasteiger partial charge on any atom is 0.320 e. The summed E-state index contributed by atoms with van der Waals surface area (Å²) in [7, 11) is -1.31. The second-order valence-electron chi connectivity index (χ2n) is 5.69. The van der Waals surface area contributed by atoms with Crippen LogP contribution in [0.5, 0.6) is 5.75 Å². The summed E-state index contributed by atoms with van der Waals surface area (Å²) in [5, 5.41) is 0. The molecule has 0 atom stereocenters. The first-order chi connectivity index (χ1) is 10.5. The van der Waals surface area contributed by atoms with Crippen LogP contribution >= 0.6 is 0 Å². The molecule has 0 spiro atoms. The van der Waals surface area contributed by atoms with Crippen LogP contribution in [0.4, 0.5) is 4.79 Å². The minimum Gasteiger partial charge on any atom is -0.496 e. The lowest BCUT2D eigenvalue weighted by molar-refractivity contribution is 0.151. The van der Waals surface area contributed by atoms with Crippen LogP contribution in [-0.2, 0) is 22.8 Å². The zero-order chi connectivity index (χ0) is 15.7. The third-order valence-corrected chi connectivity index (χ3v) is 5.94. The van der Waals surface area contributed by atoms with Crippen LogP contribution in [0.2, 0.25) is 0 Å². The first-order valence-corrected chi connectivity index (χ1v) is 9.21. The van der Waals surface area contributed by atoms with E-state index in [1.54, 1.807) is 16.9 Å². The van der Waals surface area contributed by atoms with Crippen molar-refractivity contribution in [2.45, 2.75) is 13.0 Å². The van der Waals surface area contributed by atoms with Crippen molar-refractivity contribution in [3.05, 3.63) is 29.3 Å². The number of fused-ring (bicyclic) bond motifs is 1. The van der Waals surface area contributed by atoms with Gasteiger partial charge in [0.15, 0.2) is 9.84 Å². The molecule has 1 aromatic rings. The highest BCUT2D eigenvalue weighted by molar-refractivity contribution is 7.91. The van der Waals surface area contributed by atoms with Crippen molar-refractivity contribution in [3.8, 4) is 5.75 Å². The van der Waals surface area contributed by atoms with Gasteiger partial charge in [0.1, 0.15) is 5.75 Å². The Balaban J connectivity index is 1.71. The van der Waals surface area contributed by atoms with Crippen LogP contribution in [0, 0.1) is 0 Å². The van der Waals surface area contributed by atoms with Gasteiger partial charge >= 0.3 is 6.03 Å². The number of amides is 2. The maximum atomic E-state index is 12.6. The largest absolute Gasteiger partial charge is 0.496 e. The normalized spacial score (nSPS) is 20.4. The van der Waals surface area contributed by atoms with Crippen molar-refractivity contribution in [2.24, 2.45) is 0 Å². The lowest BCUT2D eigenvalue weighted by Crippen LogP contribution is -2.50. The van der Waals surface area contributed by atoms with Gasteiger partial charge < -0.3 is 14.5 Å². The van der Waals surface area contributed by atoms with E-state index in [1.165, 1.54) is 0 Å². The molecule has 0 saturated carbocycles. The monoisotopic (exact) mass is 324 g/mol. The molecule has 7 heteroatoms. The van der Waals surface area contributed by atoms with Crippen LogP contribution in [0.3, 0.4) is 0 Å². The molecular formula is C15H20N2O4S. The third-order valence-electron chi connectivity index (χ3n) is 4.33. The Kier molecular flexibility index (Phi) is 3.99. The number of urea groups is 1. The molecule has 0 aromatic heterocycles. The van der Waals surface area contributed by atoms with Gasteiger partial charge in [0.05, 0.1) is 18.6 Å². The van der Waals surface area contributed by atoms with Gasteiger partial charge in [0.25, 0.3) is 0 Å². The number of hydrogen-bond donors (Lipinski definition) is 0. The highest BCUT2D eigenvalue weighted by Gasteiger charge is 2.30. The number of ether oxygens (including phenoxy) is 1. The van der Waals surface area contributed by atoms with E-state index in [0.29, 0.717) is 26.2 Å². The lowest BCUT2D eigenvalue weighted by Gasteiger charge is -2.35. The molecule has 0 unspecified atom stereocenters. The summed E-state index contributed by atoms with van der Waals surface area (Å²) in [4.78, 5) is 16.0. The van der Waals surface area contributed by atoms with Crippen molar-refractivity contribution in [3.63, 3.8) is 0 Å².